The summed E-state index contributed by atoms with van der Waals surface area (Å²) in [6.07, 6.45) is 1.44. The summed E-state index contributed by atoms with van der Waals surface area (Å²) in [7, 11) is -2.18. The highest BCUT2D eigenvalue weighted by Crippen LogP contribution is 2.22. The maximum absolute atomic E-state index is 12.3. The molecule has 0 saturated carbocycles. The van der Waals surface area contributed by atoms with Gasteiger partial charge in [0.15, 0.2) is 0 Å². The zero-order valence-electron chi connectivity index (χ0n) is 11.8. The van der Waals surface area contributed by atoms with Crippen molar-refractivity contribution in [2.45, 2.75) is 17.9 Å². The van der Waals surface area contributed by atoms with Crippen molar-refractivity contribution in [3.8, 4) is 5.75 Å². The summed E-state index contributed by atoms with van der Waals surface area (Å²) in [5.41, 5.74) is 6.41. The van der Waals surface area contributed by atoms with Crippen molar-refractivity contribution in [3.05, 3.63) is 48.2 Å². The van der Waals surface area contributed by atoms with E-state index in [-0.39, 0.29) is 10.7 Å². The fraction of sp³-hybridized carbons (Fsp3) is 0.214. The maximum atomic E-state index is 12.3. The number of ether oxygens (including phenoxy) is 1. The number of hydrogen-bond donors (Lipinski definition) is 2. The Morgan fingerprint density at radius 3 is 2.71 bits per heavy atom. The van der Waals surface area contributed by atoms with Crippen LogP contribution in [0.25, 0.3) is 0 Å². The van der Waals surface area contributed by atoms with E-state index >= 15 is 0 Å². The predicted molar refractivity (Wildman–Crippen MR) is 80.4 cm³/mol. The monoisotopic (exact) mass is 307 g/mol. The van der Waals surface area contributed by atoms with Crippen LogP contribution in [0.15, 0.2) is 47.5 Å². The van der Waals surface area contributed by atoms with Crippen LogP contribution in [0.1, 0.15) is 18.5 Å². The third-order valence-corrected chi connectivity index (χ3v) is 4.60. The van der Waals surface area contributed by atoms with Crippen molar-refractivity contribution in [2.75, 3.05) is 12.8 Å². The van der Waals surface area contributed by atoms with Crippen LogP contribution >= 0.6 is 0 Å². The van der Waals surface area contributed by atoms with Crippen LogP contribution < -0.4 is 15.2 Å². The van der Waals surface area contributed by atoms with Gasteiger partial charge in [0, 0.05) is 12.2 Å². The Balaban J connectivity index is 2.26. The molecule has 6 nitrogen and oxygen atoms in total. The van der Waals surface area contributed by atoms with Gasteiger partial charge < -0.3 is 10.5 Å². The molecule has 0 saturated heterocycles. The molecule has 0 amide bonds. The van der Waals surface area contributed by atoms with Gasteiger partial charge >= 0.3 is 0 Å². The number of benzene rings is 1. The van der Waals surface area contributed by atoms with Crippen LogP contribution in [-0.2, 0) is 10.0 Å². The van der Waals surface area contributed by atoms with E-state index in [1.54, 1.807) is 32.2 Å². The lowest BCUT2D eigenvalue weighted by molar-refractivity contribution is 0.413. The van der Waals surface area contributed by atoms with Gasteiger partial charge in [-0.3, -0.25) is 0 Å². The summed E-state index contributed by atoms with van der Waals surface area (Å²) >= 11 is 0. The minimum absolute atomic E-state index is 0.0251. The molecule has 112 valence electrons. The number of aromatic nitrogens is 1. The minimum Gasteiger partial charge on any atom is -0.497 e. The number of methoxy groups -OCH3 is 1. The normalized spacial score (nSPS) is 12.9. The Morgan fingerprint density at radius 1 is 1.29 bits per heavy atom. The first-order valence-corrected chi connectivity index (χ1v) is 7.79. The molecule has 1 unspecified atom stereocenters. The largest absolute Gasteiger partial charge is 0.497 e. The van der Waals surface area contributed by atoms with E-state index in [2.05, 4.69) is 9.71 Å². The van der Waals surface area contributed by atoms with Gasteiger partial charge in [-0.2, -0.15) is 0 Å². The number of pyridine rings is 1. The molecule has 1 heterocycles. The van der Waals surface area contributed by atoms with E-state index in [9.17, 15) is 8.42 Å². The molecule has 0 bridgehead atoms. The van der Waals surface area contributed by atoms with E-state index < -0.39 is 16.1 Å². The Kier molecular flexibility index (Phi) is 4.44. The summed E-state index contributed by atoms with van der Waals surface area (Å²) in [5, 5.41) is 0. The highest BCUT2D eigenvalue weighted by Gasteiger charge is 2.21. The number of nitrogens with one attached hydrogen (secondary N) is 1. The first-order valence-electron chi connectivity index (χ1n) is 6.31. The average Bonchev–Trinajstić information content (AvgIpc) is 2.47. The zero-order valence-corrected chi connectivity index (χ0v) is 12.6. The number of hydrogen-bond acceptors (Lipinski definition) is 5. The van der Waals surface area contributed by atoms with Crippen LogP contribution in [0.5, 0.6) is 5.75 Å². The molecule has 2 rings (SSSR count). The third kappa shape index (κ3) is 3.50. The molecule has 1 atom stereocenters. The molecule has 7 heteroatoms. The zero-order chi connectivity index (χ0) is 15.5. The van der Waals surface area contributed by atoms with E-state index in [4.69, 9.17) is 10.5 Å². The van der Waals surface area contributed by atoms with Gasteiger partial charge in [0.2, 0.25) is 10.0 Å². The van der Waals surface area contributed by atoms with Gasteiger partial charge in [0.25, 0.3) is 0 Å². The van der Waals surface area contributed by atoms with Crippen molar-refractivity contribution in [1.82, 2.24) is 9.71 Å². The fourth-order valence-electron chi connectivity index (χ4n) is 1.91. The topological polar surface area (TPSA) is 94.3 Å². The number of sulfonamides is 1. The van der Waals surface area contributed by atoms with Crippen molar-refractivity contribution >= 4 is 15.8 Å². The van der Waals surface area contributed by atoms with Gasteiger partial charge in [-0.15, -0.1) is 0 Å². The Morgan fingerprint density at radius 2 is 2.05 bits per heavy atom. The van der Waals surface area contributed by atoms with Gasteiger partial charge in [0.1, 0.15) is 16.5 Å². The summed E-state index contributed by atoms with van der Waals surface area (Å²) in [4.78, 5) is 3.76. The second-order valence-electron chi connectivity index (χ2n) is 4.51. The molecule has 1 aromatic carbocycles. The summed E-state index contributed by atoms with van der Waals surface area (Å²) in [6.45, 7) is 1.75. The summed E-state index contributed by atoms with van der Waals surface area (Å²) in [6, 6.07) is 9.72. The first-order chi connectivity index (χ1) is 9.94. The molecule has 0 aliphatic carbocycles. The van der Waals surface area contributed by atoms with E-state index in [1.807, 2.05) is 6.07 Å². The van der Waals surface area contributed by atoms with Crippen molar-refractivity contribution in [2.24, 2.45) is 0 Å². The second-order valence-corrected chi connectivity index (χ2v) is 6.19. The Labute approximate surface area is 124 Å². The second kappa shape index (κ2) is 6.11. The highest BCUT2D eigenvalue weighted by molar-refractivity contribution is 7.89. The molecule has 0 fully saturated rings. The Hall–Kier alpha value is -2.12. The fourth-order valence-corrected chi connectivity index (χ4v) is 3.22. The van der Waals surface area contributed by atoms with Crippen molar-refractivity contribution in [3.63, 3.8) is 0 Å². The average molecular weight is 307 g/mol. The SMILES string of the molecule is COc1cccc(C(C)NS(=O)(=O)c2cccnc2N)c1. The molecular weight excluding hydrogens is 290 g/mol. The van der Waals surface area contributed by atoms with Crippen molar-refractivity contribution < 1.29 is 13.2 Å². The highest BCUT2D eigenvalue weighted by atomic mass is 32.2. The lowest BCUT2D eigenvalue weighted by Gasteiger charge is -2.16. The summed E-state index contributed by atoms with van der Waals surface area (Å²) in [5.74, 6) is 0.641. The van der Waals surface area contributed by atoms with E-state index in [1.165, 1.54) is 18.3 Å². The molecule has 2 aromatic rings. The lowest BCUT2D eigenvalue weighted by atomic mass is 10.1. The van der Waals surface area contributed by atoms with E-state index in [0.717, 1.165) is 5.56 Å². The number of nitrogens with zero attached hydrogens (tertiary/aromatic N) is 1. The van der Waals surface area contributed by atoms with Crippen molar-refractivity contribution in [1.29, 1.82) is 0 Å². The number of anilines is 1. The smallest absolute Gasteiger partial charge is 0.244 e. The van der Waals surface area contributed by atoms with Crippen LogP contribution in [0.4, 0.5) is 5.82 Å². The summed E-state index contributed by atoms with van der Waals surface area (Å²) < 4.78 is 32.4. The lowest BCUT2D eigenvalue weighted by Crippen LogP contribution is -2.27. The van der Waals surface area contributed by atoms with Gasteiger partial charge in [-0.1, -0.05) is 12.1 Å². The van der Waals surface area contributed by atoms with Crippen LogP contribution in [0, 0.1) is 0 Å². The van der Waals surface area contributed by atoms with Crippen LogP contribution in [0.3, 0.4) is 0 Å². The number of nitrogens with two attached hydrogens (primary N) is 1. The maximum Gasteiger partial charge on any atom is 0.244 e. The minimum atomic E-state index is -3.74. The third-order valence-electron chi connectivity index (χ3n) is 3.01. The predicted octanol–water partition coefficient (Wildman–Crippen LogP) is 1.71. The Bertz CT molecular complexity index is 732. The molecule has 0 aliphatic rings. The number of rotatable bonds is 5. The molecule has 3 N–H and O–H groups in total. The molecule has 21 heavy (non-hydrogen) atoms. The molecule has 0 radical (unpaired) electrons. The van der Waals surface area contributed by atoms with Crippen LogP contribution in [0.2, 0.25) is 0 Å². The molecule has 0 aliphatic heterocycles. The molecule has 0 spiro atoms. The first kappa shape index (κ1) is 15.3. The van der Waals surface area contributed by atoms with Gasteiger partial charge in [-0.25, -0.2) is 18.1 Å². The van der Waals surface area contributed by atoms with E-state index in [0.29, 0.717) is 5.75 Å². The van der Waals surface area contributed by atoms with Crippen LogP contribution in [-0.4, -0.2) is 20.5 Å². The molecular formula is C14H17N3O3S. The quantitative estimate of drug-likeness (QED) is 0.877. The van der Waals surface area contributed by atoms with Gasteiger partial charge in [-0.05, 0) is 36.8 Å². The number of nitrogen functional groups attached to an aromatic ring is 1. The standard InChI is InChI=1S/C14H17N3O3S/c1-10(11-5-3-6-12(9-11)20-2)17-21(18,19)13-7-4-8-16-14(13)15/h3-10,17H,1-2H3,(H2,15,16). The van der Waals surface area contributed by atoms with Gasteiger partial charge in [0.05, 0.1) is 7.11 Å². The molecule has 1 aromatic heterocycles.